The topological polar surface area (TPSA) is 40.2 Å². The SMILES string of the molecule is COc1ccc(-c2ccc(-c3nccn3C(F)(F)F)o2)cc1. The van der Waals surface area contributed by atoms with Crippen molar-refractivity contribution in [3.63, 3.8) is 0 Å². The third-order valence-electron chi connectivity index (χ3n) is 3.11. The summed E-state index contributed by atoms with van der Waals surface area (Å²) in [5.74, 6) is 0.901. The monoisotopic (exact) mass is 308 g/mol. The second-order valence-corrected chi connectivity index (χ2v) is 4.48. The van der Waals surface area contributed by atoms with Gasteiger partial charge < -0.3 is 9.15 Å². The molecule has 114 valence electrons. The summed E-state index contributed by atoms with van der Waals surface area (Å²) in [5.41, 5.74) is 0.733. The minimum Gasteiger partial charge on any atom is -0.497 e. The molecule has 3 aromatic rings. The number of halogens is 3. The van der Waals surface area contributed by atoms with E-state index < -0.39 is 6.30 Å². The van der Waals surface area contributed by atoms with Gasteiger partial charge in [-0.3, -0.25) is 0 Å². The van der Waals surface area contributed by atoms with Crippen LogP contribution in [0.15, 0.2) is 53.2 Å². The Morgan fingerprint density at radius 2 is 1.73 bits per heavy atom. The van der Waals surface area contributed by atoms with Crippen LogP contribution in [0.2, 0.25) is 0 Å². The standard InChI is InChI=1S/C15H11F3N2O2/c1-21-11-4-2-10(3-5-11)12-6-7-13(22-12)14-19-8-9-20(14)15(16,17)18/h2-9H,1H3. The maximum absolute atomic E-state index is 12.8. The summed E-state index contributed by atoms with van der Waals surface area (Å²) in [4.78, 5) is 3.72. The van der Waals surface area contributed by atoms with Crippen molar-refractivity contribution >= 4 is 0 Å². The third-order valence-corrected chi connectivity index (χ3v) is 3.11. The van der Waals surface area contributed by atoms with E-state index >= 15 is 0 Å². The molecule has 0 fully saturated rings. The van der Waals surface area contributed by atoms with Crippen LogP contribution in [0, 0.1) is 0 Å². The molecule has 0 aliphatic heterocycles. The Hall–Kier alpha value is -2.70. The van der Waals surface area contributed by atoms with Gasteiger partial charge in [0.05, 0.1) is 7.11 Å². The minimum atomic E-state index is -4.54. The number of furan rings is 1. The first-order valence-corrected chi connectivity index (χ1v) is 6.34. The number of nitrogens with zero attached hydrogens (tertiary/aromatic N) is 2. The van der Waals surface area contributed by atoms with E-state index in [-0.39, 0.29) is 16.2 Å². The summed E-state index contributed by atoms with van der Waals surface area (Å²) in [6, 6.07) is 10.1. The van der Waals surface area contributed by atoms with E-state index in [9.17, 15) is 13.2 Å². The summed E-state index contributed by atoms with van der Waals surface area (Å²) >= 11 is 0. The molecule has 0 saturated carbocycles. The van der Waals surface area contributed by atoms with Crippen molar-refractivity contribution in [1.82, 2.24) is 9.55 Å². The van der Waals surface area contributed by atoms with Crippen LogP contribution in [0.3, 0.4) is 0 Å². The highest BCUT2D eigenvalue weighted by atomic mass is 19.4. The average Bonchev–Trinajstić information content (AvgIpc) is 3.15. The second-order valence-electron chi connectivity index (χ2n) is 4.48. The largest absolute Gasteiger partial charge is 0.497 e. The average molecular weight is 308 g/mol. The maximum Gasteiger partial charge on any atom is 0.490 e. The van der Waals surface area contributed by atoms with Gasteiger partial charge in [0, 0.05) is 18.0 Å². The van der Waals surface area contributed by atoms with E-state index in [1.165, 1.54) is 6.07 Å². The van der Waals surface area contributed by atoms with E-state index in [1.54, 1.807) is 37.4 Å². The highest BCUT2D eigenvalue weighted by Crippen LogP contribution is 2.32. The molecular formula is C15H11F3N2O2. The third kappa shape index (κ3) is 2.57. The molecule has 0 aliphatic carbocycles. The van der Waals surface area contributed by atoms with Crippen LogP contribution >= 0.6 is 0 Å². The zero-order valence-corrected chi connectivity index (χ0v) is 11.5. The molecule has 0 N–H and O–H groups in total. The zero-order chi connectivity index (χ0) is 15.7. The van der Waals surface area contributed by atoms with Gasteiger partial charge in [-0.15, -0.1) is 13.2 Å². The van der Waals surface area contributed by atoms with Crippen molar-refractivity contribution in [3.05, 3.63) is 48.8 Å². The first-order chi connectivity index (χ1) is 10.5. The van der Waals surface area contributed by atoms with Gasteiger partial charge in [0.2, 0.25) is 0 Å². The Morgan fingerprint density at radius 3 is 2.36 bits per heavy atom. The Labute approximate surface area is 123 Å². The van der Waals surface area contributed by atoms with Gasteiger partial charge in [-0.1, -0.05) is 0 Å². The fourth-order valence-corrected chi connectivity index (χ4v) is 2.06. The van der Waals surface area contributed by atoms with Gasteiger partial charge in [-0.25, -0.2) is 9.55 Å². The summed E-state index contributed by atoms with van der Waals surface area (Å²) < 4.78 is 49.2. The van der Waals surface area contributed by atoms with Crippen LogP contribution in [0.5, 0.6) is 5.75 Å². The van der Waals surface area contributed by atoms with Crippen molar-refractivity contribution in [1.29, 1.82) is 0 Å². The van der Waals surface area contributed by atoms with Crippen LogP contribution in [0.4, 0.5) is 13.2 Å². The van der Waals surface area contributed by atoms with Gasteiger partial charge >= 0.3 is 6.30 Å². The Balaban J connectivity index is 1.95. The molecule has 0 amide bonds. The van der Waals surface area contributed by atoms with E-state index in [0.29, 0.717) is 11.5 Å². The van der Waals surface area contributed by atoms with E-state index in [0.717, 1.165) is 18.0 Å². The molecule has 0 aliphatic rings. The van der Waals surface area contributed by atoms with Gasteiger partial charge in [-0.2, -0.15) is 0 Å². The summed E-state index contributed by atoms with van der Waals surface area (Å²) in [7, 11) is 1.55. The van der Waals surface area contributed by atoms with Crippen LogP contribution in [0.1, 0.15) is 0 Å². The predicted molar refractivity (Wildman–Crippen MR) is 73.2 cm³/mol. The number of aromatic nitrogens is 2. The first-order valence-electron chi connectivity index (χ1n) is 6.34. The number of hydrogen-bond donors (Lipinski definition) is 0. The first kappa shape index (κ1) is 14.2. The maximum atomic E-state index is 12.8. The number of methoxy groups -OCH3 is 1. The zero-order valence-electron chi connectivity index (χ0n) is 11.5. The molecule has 0 radical (unpaired) electrons. The highest BCUT2D eigenvalue weighted by Gasteiger charge is 2.34. The van der Waals surface area contributed by atoms with Crippen molar-refractivity contribution in [2.75, 3.05) is 7.11 Å². The fraction of sp³-hybridized carbons (Fsp3) is 0.133. The van der Waals surface area contributed by atoms with Gasteiger partial charge in [0.1, 0.15) is 11.5 Å². The molecule has 7 heteroatoms. The molecule has 2 aromatic heterocycles. The molecular weight excluding hydrogens is 297 g/mol. The molecule has 1 aromatic carbocycles. The Bertz CT molecular complexity index is 773. The van der Waals surface area contributed by atoms with Crippen LogP contribution < -0.4 is 4.74 Å². The van der Waals surface area contributed by atoms with Crippen molar-refractivity contribution in [2.45, 2.75) is 6.30 Å². The van der Waals surface area contributed by atoms with Gasteiger partial charge in [-0.05, 0) is 36.4 Å². The van der Waals surface area contributed by atoms with Gasteiger partial charge in [0.25, 0.3) is 0 Å². The van der Waals surface area contributed by atoms with Crippen molar-refractivity contribution < 1.29 is 22.3 Å². The normalized spacial score (nSPS) is 11.6. The quantitative estimate of drug-likeness (QED) is 0.724. The number of imidazole rings is 1. The molecule has 3 rings (SSSR count). The summed E-state index contributed by atoms with van der Waals surface area (Å²) in [5, 5.41) is 0. The van der Waals surface area contributed by atoms with E-state index in [1.807, 2.05) is 0 Å². The molecule has 0 saturated heterocycles. The molecule has 4 nitrogen and oxygen atoms in total. The molecule has 0 unspecified atom stereocenters. The number of alkyl halides is 3. The highest BCUT2D eigenvalue weighted by molar-refractivity contribution is 5.62. The molecule has 0 bridgehead atoms. The number of hydrogen-bond acceptors (Lipinski definition) is 3. The van der Waals surface area contributed by atoms with E-state index in [2.05, 4.69) is 4.98 Å². The lowest BCUT2D eigenvalue weighted by atomic mass is 10.2. The number of ether oxygens (including phenoxy) is 1. The lowest BCUT2D eigenvalue weighted by Gasteiger charge is -2.09. The minimum absolute atomic E-state index is 0.0492. The van der Waals surface area contributed by atoms with Crippen molar-refractivity contribution in [3.8, 4) is 28.7 Å². The molecule has 22 heavy (non-hydrogen) atoms. The Morgan fingerprint density at radius 1 is 1.05 bits per heavy atom. The lowest BCUT2D eigenvalue weighted by molar-refractivity contribution is -0.202. The van der Waals surface area contributed by atoms with Crippen LogP contribution in [0.25, 0.3) is 22.9 Å². The summed E-state index contributed by atoms with van der Waals surface area (Å²) in [6.07, 6.45) is -2.61. The predicted octanol–water partition coefficient (Wildman–Crippen LogP) is 4.30. The molecule has 0 atom stereocenters. The molecule has 2 heterocycles. The molecule has 0 spiro atoms. The fourth-order valence-electron chi connectivity index (χ4n) is 2.06. The van der Waals surface area contributed by atoms with Gasteiger partial charge in [0.15, 0.2) is 11.6 Å². The number of benzene rings is 1. The van der Waals surface area contributed by atoms with Crippen molar-refractivity contribution in [2.24, 2.45) is 0 Å². The summed E-state index contributed by atoms with van der Waals surface area (Å²) in [6.45, 7) is 0. The van der Waals surface area contributed by atoms with E-state index in [4.69, 9.17) is 9.15 Å². The van der Waals surface area contributed by atoms with Crippen LogP contribution in [-0.4, -0.2) is 16.7 Å². The smallest absolute Gasteiger partial charge is 0.490 e. The lowest BCUT2D eigenvalue weighted by Crippen LogP contribution is -2.16. The Kier molecular flexibility index (Phi) is 3.40. The van der Waals surface area contributed by atoms with Crippen LogP contribution in [-0.2, 0) is 6.30 Å². The number of rotatable bonds is 3. The second kappa shape index (κ2) is 5.25.